The van der Waals surface area contributed by atoms with Crippen LogP contribution in [-0.2, 0) is 15.7 Å². The average Bonchev–Trinajstić information content (AvgIpc) is 2.78. The molecule has 3 nitrogen and oxygen atoms in total. The summed E-state index contributed by atoms with van der Waals surface area (Å²) in [5.41, 5.74) is 1.30. The van der Waals surface area contributed by atoms with Crippen molar-refractivity contribution in [3.8, 4) is 11.1 Å². The average molecular weight is 439 g/mol. The highest BCUT2D eigenvalue weighted by molar-refractivity contribution is 5.64. The van der Waals surface area contributed by atoms with Crippen molar-refractivity contribution >= 4 is 0 Å². The van der Waals surface area contributed by atoms with E-state index >= 15 is 0 Å². The Kier molecular flexibility index (Phi) is 9.54. The largest absolute Gasteiger partial charge is 0.416 e. The summed E-state index contributed by atoms with van der Waals surface area (Å²) >= 11 is 0. The number of aliphatic hydroxyl groups is 1. The predicted molar refractivity (Wildman–Crippen MR) is 117 cm³/mol. The Labute approximate surface area is 183 Å². The fraction of sp³-hybridized carbons (Fsp3) is 0.520. The van der Waals surface area contributed by atoms with Gasteiger partial charge < -0.3 is 14.6 Å². The van der Waals surface area contributed by atoms with Gasteiger partial charge in [0.25, 0.3) is 5.97 Å². The summed E-state index contributed by atoms with van der Waals surface area (Å²) in [4.78, 5) is 0. The lowest BCUT2D eigenvalue weighted by atomic mass is 9.89. The van der Waals surface area contributed by atoms with E-state index in [1.807, 2.05) is 12.1 Å². The third kappa shape index (κ3) is 7.06. The molecule has 0 aliphatic rings. The van der Waals surface area contributed by atoms with Crippen LogP contribution in [0.1, 0.15) is 68.9 Å². The number of unbranched alkanes of at least 4 members (excludes halogenated alkanes) is 5. The third-order valence-corrected chi connectivity index (χ3v) is 5.71. The third-order valence-electron chi connectivity index (χ3n) is 5.71. The van der Waals surface area contributed by atoms with E-state index < -0.39 is 23.6 Å². The summed E-state index contributed by atoms with van der Waals surface area (Å²) in [5, 5.41) is 10.8. The molecule has 6 heteroatoms. The van der Waals surface area contributed by atoms with E-state index in [2.05, 4.69) is 6.92 Å². The summed E-state index contributed by atoms with van der Waals surface area (Å²) in [5.74, 6) is -2.18. The van der Waals surface area contributed by atoms with Crippen molar-refractivity contribution in [3.63, 3.8) is 0 Å². The van der Waals surface area contributed by atoms with Crippen LogP contribution in [0.4, 0.5) is 13.2 Å². The zero-order valence-corrected chi connectivity index (χ0v) is 18.5. The number of ether oxygens (including phenoxy) is 2. The molecule has 0 spiro atoms. The molecule has 0 radical (unpaired) electrons. The molecule has 0 aliphatic heterocycles. The minimum absolute atomic E-state index is 0.413. The smallest absolute Gasteiger partial charge is 0.343 e. The maximum absolute atomic E-state index is 13.0. The van der Waals surface area contributed by atoms with E-state index in [-0.39, 0.29) is 0 Å². The molecule has 1 unspecified atom stereocenters. The van der Waals surface area contributed by atoms with E-state index in [1.165, 1.54) is 39.5 Å². The van der Waals surface area contributed by atoms with Gasteiger partial charge in [0.05, 0.1) is 11.5 Å². The standard InChI is InChI=1S/C25H33F3O3/c1-4-5-6-7-8-9-13-23(25(29,30-2)31-3)20-16-14-19(15-17-20)21-11-10-12-22(18-21)24(26,27)28/h10-12,14-18,23,29H,4-9,13H2,1-3H3. The highest BCUT2D eigenvalue weighted by atomic mass is 19.4. The van der Waals surface area contributed by atoms with Crippen LogP contribution >= 0.6 is 0 Å². The topological polar surface area (TPSA) is 38.7 Å². The first-order valence-electron chi connectivity index (χ1n) is 10.9. The molecule has 1 N–H and O–H groups in total. The molecule has 0 fully saturated rings. The van der Waals surface area contributed by atoms with E-state index in [9.17, 15) is 18.3 Å². The minimum Gasteiger partial charge on any atom is -0.343 e. The van der Waals surface area contributed by atoms with Crippen LogP contribution in [0.5, 0.6) is 0 Å². The van der Waals surface area contributed by atoms with Gasteiger partial charge >= 0.3 is 6.18 Å². The molecule has 0 bridgehead atoms. The Balaban J connectivity index is 2.19. The molecule has 2 aromatic rings. The Hall–Kier alpha value is -1.89. The number of hydrogen-bond acceptors (Lipinski definition) is 3. The van der Waals surface area contributed by atoms with Gasteiger partial charge in [0.2, 0.25) is 0 Å². The summed E-state index contributed by atoms with van der Waals surface area (Å²) < 4.78 is 49.6. The van der Waals surface area contributed by atoms with Crippen molar-refractivity contribution in [2.45, 2.75) is 69.9 Å². The molecule has 0 saturated heterocycles. The van der Waals surface area contributed by atoms with Crippen LogP contribution < -0.4 is 0 Å². The molecule has 172 valence electrons. The molecule has 2 rings (SSSR count). The Bertz CT molecular complexity index is 783. The molecule has 2 aromatic carbocycles. The minimum atomic E-state index is -4.38. The van der Waals surface area contributed by atoms with Crippen LogP contribution in [0.15, 0.2) is 48.5 Å². The lowest BCUT2D eigenvalue weighted by Gasteiger charge is -2.33. The van der Waals surface area contributed by atoms with Crippen molar-refractivity contribution < 1.29 is 27.8 Å². The van der Waals surface area contributed by atoms with Crippen LogP contribution in [0.3, 0.4) is 0 Å². The van der Waals surface area contributed by atoms with Gasteiger partial charge in [0, 0.05) is 14.2 Å². The lowest BCUT2D eigenvalue weighted by Crippen LogP contribution is -2.40. The van der Waals surface area contributed by atoms with E-state index in [0.29, 0.717) is 17.5 Å². The Morgan fingerprint density at radius 2 is 1.45 bits per heavy atom. The van der Waals surface area contributed by atoms with Crippen molar-refractivity contribution in [3.05, 3.63) is 59.7 Å². The van der Waals surface area contributed by atoms with E-state index in [0.717, 1.165) is 37.0 Å². The van der Waals surface area contributed by atoms with Crippen molar-refractivity contribution in [2.75, 3.05) is 14.2 Å². The number of hydrogen-bond donors (Lipinski definition) is 1. The Morgan fingerprint density at radius 3 is 2.03 bits per heavy atom. The number of alkyl halides is 3. The summed E-state index contributed by atoms with van der Waals surface area (Å²) in [6.45, 7) is 2.18. The van der Waals surface area contributed by atoms with Gasteiger partial charge in [-0.3, -0.25) is 0 Å². The molecule has 0 aromatic heterocycles. The van der Waals surface area contributed by atoms with Gasteiger partial charge in [0.15, 0.2) is 0 Å². The van der Waals surface area contributed by atoms with Gasteiger partial charge in [-0.2, -0.15) is 13.2 Å². The number of rotatable bonds is 12. The molecule has 31 heavy (non-hydrogen) atoms. The second kappa shape index (κ2) is 11.7. The molecule has 0 amide bonds. The van der Waals surface area contributed by atoms with Gasteiger partial charge in [-0.15, -0.1) is 0 Å². The normalized spacial score (nSPS) is 13.4. The SMILES string of the molecule is CCCCCCCCC(c1ccc(-c2cccc(C(F)(F)F)c2)cc1)C(O)(OC)OC. The maximum Gasteiger partial charge on any atom is 0.416 e. The quantitative estimate of drug-likeness (QED) is 0.283. The highest BCUT2D eigenvalue weighted by Gasteiger charge is 2.38. The summed E-state index contributed by atoms with van der Waals surface area (Å²) in [6.07, 6.45) is 3.02. The highest BCUT2D eigenvalue weighted by Crippen LogP contribution is 2.37. The fourth-order valence-electron chi connectivity index (χ4n) is 3.84. The van der Waals surface area contributed by atoms with Crippen molar-refractivity contribution in [1.82, 2.24) is 0 Å². The first kappa shape index (κ1) is 25.4. The predicted octanol–water partition coefficient (Wildman–Crippen LogP) is 7.15. The molecule has 0 saturated carbocycles. The number of methoxy groups -OCH3 is 2. The van der Waals surface area contributed by atoms with Crippen molar-refractivity contribution in [2.24, 2.45) is 0 Å². The van der Waals surface area contributed by atoms with E-state index in [1.54, 1.807) is 18.2 Å². The first-order chi connectivity index (χ1) is 14.7. The zero-order valence-electron chi connectivity index (χ0n) is 18.5. The lowest BCUT2D eigenvalue weighted by molar-refractivity contribution is -0.353. The number of halogens is 3. The molecular formula is C25H33F3O3. The van der Waals surface area contributed by atoms with Crippen LogP contribution in [0, 0.1) is 0 Å². The summed E-state index contributed by atoms with van der Waals surface area (Å²) in [7, 11) is 2.80. The van der Waals surface area contributed by atoms with Crippen LogP contribution in [-0.4, -0.2) is 25.3 Å². The van der Waals surface area contributed by atoms with Gasteiger partial charge in [-0.25, -0.2) is 0 Å². The van der Waals surface area contributed by atoms with Crippen LogP contribution in [0.2, 0.25) is 0 Å². The molecular weight excluding hydrogens is 405 g/mol. The van der Waals surface area contributed by atoms with Gasteiger partial charge in [0.1, 0.15) is 0 Å². The van der Waals surface area contributed by atoms with Crippen LogP contribution in [0.25, 0.3) is 11.1 Å². The first-order valence-corrected chi connectivity index (χ1v) is 10.9. The van der Waals surface area contributed by atoms with E-state index in [4.69, 9.17) is 9.47 Å². The molecule has 0 aliphatic carbocycles. The maximum atomic E-state index is 13.0. The summed E-state index contributed by atoms with van der Waals surface area (Å²) in [6, 6.07) is 12.4. The molecule has 1 atom stereocenters. The van der Waals surface area contributed by atoms with Gasteiger partial charge in [-0.05, 0) is 35.2 Å². The fourth-order valence-corrected chi connectivity index (χ4v) is 3.84. The van der Waals surface area contributed by atoms with Crippen molar-refractivity contribution in [1.29, 1.82) is 0 Å². The molecule has 0 heterocycles. The Morgan fingerprint density at radius 1 is 0.839 bits per heavy atom. The number of benzene rings is 2. The van der Waals surface area contributed by atoms with Gasteiger partial charge in [-0.1, -0.05) is 81.8 Å². The second-order valence-electron chi connectivity index (χ2n) is 7.85. The second-order valence-corrected chi connectivity index (χ2v) is 7.85. The monoisotopic (exact) mass is 438 g/mol. The zero-order chi connectivity index (χ0) is 22.9.